The molecule has 0 unspecified atom stereocenters. The minimum absolute atomic E-state index is 0.0424. The molecule has 158 valence electrons. The summed E-state index contributed by atoms with van der Waals surface area (Å²) in [4.78, 5) is 24.7. The van der Waals surface area contributed by atoms with Crippen LogP contribution in [0.15, 0.2) is 29.6 Å². The van der Waals surface area contributed by atoms with Crippen molar-refractivity contribution in [3.63, 3.8) is 0 Å². The first-order valence-electron chi connectivity index (χ1n) is 9.49. The molecule has 1 aromatic carbocycles. The summed E-state index contributed by atoms with van der Waals surface area (Å²) >= 11 is 3.09. The van der Waals surface area contributed by atoms with E-state index in [1.54, 1.807) is 11.3 Å². The fourth-order valence-electron chi connectivity index (χ4n) is 3.52. The van der Waals surface area contributed by atoms with Gasteiger partial charge in [-0.25, -0.2) is 9.97 Å². The van der Waals surface area contributed by atoms with Gasteiger partial charge >= 0.3 is 6.18 Å². The van der Waals surface area contributed by atoms with E-state index in [2.05, 4.69) is 14.9 Å². The van der Waals surface area contributed by atoms with Crippen LogP contribution in [0.1, 0.15) is 26.8 Å². The second-order valence-electron chi connectivity index (χ2n) is 7.50. The molecule has 0 N–H and O–H groups in total. The second kappa shape index (κ2) is 8.20. The summed E-state index contributed by atoms with van der Waals surface area (Å²) < 4.78 is 37.9. The van der Waals surface area contributed by atoms with Gasteiger partial charge in [-0.1, -0.05) is 12.1 Å². The average Bonchev–Trinajstić information content (AvgIpc) is 3.22. The number of Topliss-reactive ketones (excluding diaryl/α,β-unsaturated/α-hetero) is 1. The zero-order chi connectivity index (χ0) is 21.5. The number of likely N-dealkylation sites (tertiary alicyclic amines) is 1. The first kappa shape index (κ1) is 21.1. The number of halogens is 3. The molecule has 1 saturated heterocycles. The third-order valence-electron chi connectivity index (χ3n) is 5.11. The molecule has 0 spiro atoms. The average molecular weight is 452 g/mol. The third-order valence-corrected chi connectivity index (χ3v) is 7.06. The first-order valence-corrected chi connectivity index (χ1v) is 11.2. The van der Waals surface area contributed by atoms with E-state index in [0.29, 0.717) is 26.1 Å². The number of ketones is 1. The van der Waals surface area contributed by atoms with E-state index in [1.165, 1.54) is 23.5 Å². The summed E-state index contributed by atoms with van der Waals surface area (Å²) in [6, 6.07) is 5.20. The maximum Gasteiger partial charge on any atom is 0.416 e. The number of carbonyl (C=O) groups excluding carboxylic acids is 1. The fraction of sp³-hybridized carbons (Fsp3) is 0.381. The fourth-order valence-corrected chi connectivity index (χ4v) is 5.27. The van der Waals surface area contributed by atoms with Crippen molar-refractivity contribution >= 4 is 28.5 Å². The van der Waals surface area contributed by atoms with Gasteiger partial charge in [-0.15, -0.1) is 22.7 Å². The molecule has 0 bridgehead atoms. The zero-order valence-electron chi connectivity index (χ0n) is 16.5. The van der Waals surface area contributed by atoms with Crippen molar-refractivity contribution in [1.82, 2.24) is 14.9 Å². The number of thiazole rings is 2. The van der Waals surface area contributed by atoms with Gasteiger partial charge in [0, 0.05) is 30.9 Å². The molecule has 0 amide bonds. The Morgan fingerprint density at radius 3 is 2.47 bits per heavy atom. The number of aryl methyl sites for hydroxylation is 2. The highest BCUT2D eigenvalue weighted by atomic mass is 32.1. The van der Waals surface area contributed by atoms with Gasteiger partial charge < -0.3 is 0 Å². The summed E-state index contributed by atoms with van der Waals surface area (Å²) in [5.41, 5.74) is 2.00. The zero-order valence-corrected chi connectivity index (χ0v) is 18.1. The summed E-state index contributed by atoms with van der Waals surface area (Å²) in [5.74, 6) is 0.121. The second-order valence-corrected chi connectivity index (χ2v) is 9.65. The molecule has 1 fully saturated rings. The van der Waals surface area contributed by atoms with Crippen LogP contribution in [-0.4, -0.2) is 33.7 Å². The standard InChI is InChI=1S/C21H20F3N3OS2/c1-12-20(30-13(2)25-12)17-11-29-19(26-17)7-18(28)15-9-27(10-15)8-14-3-5-16(6-4-14)21(22,23)24/h3-6,11,15H,7-10H2,1-2H3. The van der Waals surface area contributed by atoms with Crippen molar-refractivity contribution < 1.29 is 18.0 Å². The Hall–Kier alpha value is -2.10. The molecule has 9 heteroatoms. The molecule has 4 nitrogen and oxygen atoms in total. The maximum atomic E-state index is 12.6. The van der Waals surface area contributed by atoms with E-state index in [0.717, 1.165) is 44.0 Å². The van der Waals surface area contributed by atoms with Crippen molar-refractivity contribution in [3.8, 4) is 10.6 Å². The number of alkyl halides is 3. The predicted octanol–water partition coefficient (Wildman–Crippen LogP) is 5.15. The largest absolute Gasteiger partial charge is 0.416 e. The Morgan fingerprint density at radius 1 is 1.17 bits per heavy atom. The number of nitrogens with zero attached hydrogens (tertiary/aromatic N) is 3. The van der Waals surface area contributed by atoms with Crippen molar-refractivity contribution in [3.05, 3.63) is 56.5 Å². The van der Waals surface area contributed by atoms with E-state index in [4.69, 9.17) is 0 Å². The van der Waals surface area contributed by atoms with Crippen molar-refractivity contribution in [2.24, 2.45) is 5.92 Å². The van der Waals surface area contributed by atoms with Crippen LogP contribution in [0.25, 0.3) is 10.6 Å². The van der Waals surface area contributed by atoms with E-state index in [9.17, 15) is 18.0 Å². The van der Waals surface area contributed by atoms with Gasteiger partial charge in [-0.05, 0) is 31.5 Å². The minimum Gasteiger partial charge on any atom is -0.299 e. The highest BCUT2D eigenvalue weighted by Gasteiger charge is 2.33. The van der Waals surface area contributed by atoms with Crippen molar-refractivity contribution in [2.45, 2.75) is 33.0 Å². The lowest BCUT2D eigenvalue weighted by molar-refractivity contribution is -0.137. The maximum absolute atomic E-state index is 12.6. The van der Waals surface area contributed by atoms with E-state index >= 15 is 0 Å². The van der Waals surface area contributed by atoms with Crippen LogP contribution < -0.4 is 0 Å². The van der Waals surface area contributed by atoms with Crippen LogP contribution in [0.4, 0.5) is 13.2 Å². The van der Waals surface area contributed by atoms with Crippen LogP contribution in [0.5, 0.6) is 0 Å². The number of aromatic nitrogens is 2. The molecule has 1 aliphatic heterocycles. The number of benzene rings is 1. The Balaban J connectivity index is 1.28. The van der Waals surface area contributed by atoms with Gasteiger partial charge in [0.1, 0.15) is 10.8 Å². The Morgan fingerprint density at radius 2 is 1.87 bits per heavy atom. The first-order chi connectivity index (χ1) is 14.2. The SMILES string of the molecule is Cc1nc(C)c(-c2csc(CC(=O)C3CN(Cc4ccc(C(F)(F)F)cc4)C3)n2)s1. The number of carbonyl (C=O) groups is 1. The summed E-state index contributed by atoms with van der Waals surface area (Å²) in [6.07, 6.45) is -4.00. The molecular weight excluding hydrogens is 431 g/mol. The van der Waals surface area contributed by atoms with Gasteiger partial charge in [-0.3, -0.25) is 9.69 Å². The van der Waals surface area contributed by atoms with Crippen molar-refractivity contribution in [1.29, 1.82) is 0 Å². The molecule has 3 heterocycles. The molecule has 0 saturated carbocycles. The van der Waals surface area contributed by atoms with Gasteiger partial charge in [0.25, 0.3) is 0 Å². The molecule has 4 rings (SSSR count). The monoisotopic (exact) mass is 451 g/mol. The number of rotatable bonds is 6. The molecule has 0 atom stereocenters. The van der Waals surface area contributed by atoms with Crippen LogP contribution in [0.2, 0.25) is 0 Å². The quantitative estimate of drug-likeness (QED) is 0.520. The lowest BCUT2D eigenvalue weighted by Gasteiger charge is -2.38. The number of hydrogen-bond donors (Lipinski definition) is 0. The summed E-state index contributed by atoms with van der Waals surface area (Å²) in [6.45, 7) is 5.73. The van der Waals surface area contributed by atoms with Gasteiger partial charge in [0.2, 0.25) is 0 Å². The van der Waals surface area contributed by atoms with Crippen molar-refractivity contribution in [2.75, 3.05) is 13.1 Å². The van der Waals surface area contributed by atoms with E-state index < -0.39 is 11.7 Å². The Kier molecular flexibility index (Phi) is 5.78. The summed E-state index contributed by atoms with van der Waals surface area (Å²) in [7, 11) is 0. The molecule has 3 aromatic rings. The van der Waals surface area contributed by atoms with Gasteiger partial charge in [0.15, 0.2) is 0 Å². The highest BCUT2D eigenvalue weighted by molar-refractivity contribution is 7.16. The van der Waals surface area contributed by atoms with Gasteiger partial charge in [0.05, 0.1) is 33.3 Å². The van der Waals surface area contributed by atoms with Crippen LogP contribution in [0, 0.1) is 19.8 Å². The summed E-state index contributed by atoms with van der Waals surface area (Å²) in [5, 5.41) is 3.78. The minimum atomic E-state index is -4.32. The highest BCUT2D eigenvalue weighted by Crippen LogP contribution is 2.32. The lowest BCUT2D eigenvalue weighted by atomic mass is 9.93. The van der Waals surface area contributed by atoms with Crippen LogP contribution in [-0.2, 0) is 23.9 Å². The molecule has 2 aromatic heterocycles. The molecular formula is C21H20F3N3OS2. The predicted molar refractivity (Wildman–Crippen MR) is 112 cm³/mol. The number of hydrogen-bond acceptors (Lipinski definition) is 6. The van der Waals surface area contributed by atoms with Crippen LogP contribution in [0.3, 0.4) is 0 Å². The third kappa shape index (κ3) is 4.63. The smallest absolute Gasteiger partial charge is 0.299 e. The molecule has 0 aliphatic carbocycles. The molecule has 1 aliphatic rings. The topological polar surface area (TPSA) is 46.1 Å². The molecule has 30 heavy (non-hydrogen) atoms. The van der Waals surface area contributed by atoms with E-state index in [-0.39, 0.29) is 11.7 Å². The Labute approximate surface area is 180 Å². The normalized spacial score (nSPS) is 15.4. The molecule has 0 radical (unpaired) electrons. The lowest BCUT2D eigenvalue weighted by Crippen LogP contribution is -2.50. The van der Waals surface area contributed by atoms with Crippen LogP contribution >= 0.6 is 22.7 Å². The Bertz CT molecular complexity index is 1050. The van der Waals surface area contributed by atoms with Gasteiger partial charge in [-0.2, -0.15) is 13.2 Å². The van der Waals surface area contributed by atoms with E-state index in [1.807, 2.05) is 19.2 Å².